The van der Waals surface area contributed by atoms with E-state index in [-0.39, 0.29) is 0 Å². The van der Waals surface area contributed by atoms with Gasteiger partial charge in [0.05, 0.1) is 13.2 Å². The number of aromatic nitrogens is 2. The van der Waals surface area contributed by atoms with E-state index >= 15 is 0 Å². The molecule has 0 bridgehead atoms. The first kappa shape index (κ1) is 12.7. The topological polar surface area (TPSA) is 77.4 Å². The second kappa shape index (κ2) is 5.75. The van der Waals surface area contributed by atoms with E-state index in [9.17, 15) is 0 Å². The number of nitrogen functional groups attached to an aromatic ring is 1. The van der Waals surface area contributed by atoms with Crippen molar-refractivity contribution in [2.24, 2.45) is 0 Å². The number of hydrogen-bond acceptors (Lipinski definition) is 6. The Morgan fingerprint density at radius 2 is 1.85 bits per heavy atom. The van der Waals surface area contributed by atoms with Crippen molar-refractivity contribution in [2.75, 3.05) is 36.9 Å². The highest BCUT2D eigenvalue weighted by molar-refractivity contribution is 5.67. The predicted octanol–water partition coefficient (Wildman–Crippen LogP) is 1.66. The molecular weight excluding hydrogens is 256 g/mol. The van der Waals surface area contributed by atoms with Crippen LogP contribution >= 0.6 is 0 Å². The average Bonchev–Trinajstić information content (AvgIpc) is 2.97. The predicted molar refractivity (Wildman–Crippen MR) is 77.1 cm³/mol. The molecule has 1 aliphatic heterocycles. The van der Waals surface area contributed by atoms with Gasteiger partial charge in [-0.15, -0.1) is 0 Å². The Labute approximate surface area is 116 Å². The van der Waals surface area contributed by atoms with Crippen molar-refractivity contribution in [3.05, 3.63) is 35.7 Å². The fourth-order valence-electron chi connectivity index (χ4n) is 1.96. The minimum Gasteiger partial charge on any atom is -0.399 e. The van der Waals surface area contributed by atoms with Crippen molar-refractivity contribution in [2.45, 2.75) is 0 Å². The third-order valence-electron chi connectivity index (χ3n) is 3.08. The van der Waals surface area contributed by atoms with E-state index in [0.29, 0.717) is 25.1 Å². The zero-order valence-corrected chi connectivity index (χ0v) is 11.0. The maximum atomic E-state index is 5.64. The Hall–Kier alpha value is -2.34. The molecule has 20 heavy (non-hydrogen) atoms. The summed E-state index contributed by atoms with van der Waals surface area (Å²) >= 11 is 0. The quantitative estimate of drug-likeness (QED) is 0.856. The summed E-state index contributed by atoms with van der Waals surface area (Å²) in [6, 6.07) is 7.58. The largest absolute Gasteiger partial charge is 0.399 e. The van der Waals surface area contributed by atoms with Crippen molar-refractivity contribution in [3.8, 4) is 0 Å². The SMILES string of the molecule is Nc1ccc(/C=C/c2nc(N3CCOCC3)no2)cc1. The Bertz CT molecular complexity index is 585. The smallest absolute Gasteiger partial charge is 0.266 e. The molecule has 0 spiro atoms. The van der Waals surface area contributed by atoms with Crippen molar-refractivity contribution in [1.82, 2.24) is 10.1 Å². The molecule has 0 aliphatic carbocycles. The Morgan fingerprint density at radius 3 is 2.60 bits per heavy atom. The number of benzene rings is 1. The maximum Gasteiger partial charge on any atom is 0.266 e. The van der Waals surface area contributed by atoms with Crippen LogP contribution in [0.1, 0.15) is 11.5 Å². The van der Waals surface area contributed by atoms with Crippen LogP contribution in [-0.2, 0) is 4.74 Å². The molecule has 2 aromatic rings. The molecule has 1 aliphatic rings. The van der Waals surface area contributed by atoms with Gasteiger partial charge < -0.3 is 19.9 Å². The monoisotopic (exact) mass is 272 g/mol. The van der Waals surface area contributed by atoms with E-state index in [0.717, 1.165) is 24.3 Å². The number of nitrogens with zero attached hydrogens (tertiary/aromatic N) is 3. The summed E-state index contributed by atoms with van der Waals surface area (Å²) in [5.74, 6) is 1.11. The molecule has 104 valence electrons. The first-order valence-electron chi connectivity index (χ1n) is 6.51. The molecule has 1 aromatic carbocycles. The Balaban J connectivity index is 1.68. The molecule has 1 saturated heterocycles. The van der Waals surface area contributed by atoms with E-state index in [4.69, 9.17) is 15.0 Å². The molecule has 3 rings (SSSR count). The minimum absolute atomic E-state index is 0.489. The van der Waals surface area contributed by atoms with Gasteiger partial charge in [0.25, 0.3) is 11.8 Å². The first-order valence-corrected chi connectivity index (χ1v) is 6.51. The van der Waals surface area contributed by atoms with Crippen LogP contribution in [0.5, 0.6) is 0 Å². The van der Waals surface area contributed by atoms with Crippen LogP contribution in [-0.4, -0.2) is 36.4 Å². The van der Waals surface area contributed by atoms with Crippen molar-refractivity contribution < 1.29 is 9.26 Å². The molecule has 0 atom stereocenters. The van der Waals surface area contributed by atoms with E-state index in [2.05, 4.69) is 10.1 Å². The molecule has 0 amide bonds. The lowest BCUT2D eigenvalue weighted by Gasteiger charge is -2.24. The van der Waals surface area contributed by atoms with Crippen LogP contribution in [0.2, 0.25) is 0 Å². The van der Waals surface area contributed by atoms with Crippen LogP contribution in [0, 0.1) is 0 Å². The molecule has 0 radical (unpaired) electrons. The molecular formula is C14H16N4O2. The van der Waals surface area contributed by atoms with Crippen molar-refractivity contribution in [3.63, 3.8) is 0 Å². The van der Waals surface area contributed by atoms with Gasteiger partial charge in [0, 0.05) is 24.9 Å². The summed E-state index contributed by atoms with van der Waals surface area (Å²) < 4.78 is 10.5. The molecule has 6 nitrogen and oxygen atoms in total. The minimum atomic E-state index is 0.489. The summed E-state index contributed by atoms with van der Waals surface area (Å²) in [6.45, 7) is 2.98. The number of ether oxygens (including phenoxy) is 1. The first-order chi connectivity index (χ1) is 9.81. The van der Waals surface area contributed by atoms with Gasteiger partial charge in [-0.2, -0.15) is 4.98 Å². The second-order valence-electron chi connectivity index (χ2n) is 4.53. The highest BCUT2D eigenvalue weighted by Crippen LogP contribution is 2.14. The van der Waals surface area contributed by atoms with Gasteiger partial charge in [0.1, 0.15) is 0 Å². The number of nitrogens with two attached hydrogens (primary N) is 1. The molecule has 6 heteroatoms. The van der Waals surface area contributed by atoms with Gasteiger partial charge in [0.2, 0.25) is 0 Å². The lowest BCUT2D eigenvalue weighted by Crippen LogP contribution is -2.36. The van der Waals surface area contributed by atoms with Gasteiger partial charge in [-0.05, 0) is 28.9 Å². The van der Waals surface area contributed by atoms with E-state index in [1.54, 1.807) is 6.08 Å². The molecule has 1 fully saturated rings. The fraction of sp³-hybridized carbons (Fsp3) is 0.286. The van der Waals surface area contributed by atoms with Gasteiger partial charge in [-0.3, -0.25) is 0 Å². The Kier molecular flexibility index (Phi) is 3.64. The number of hydrogen-bond donors (Lipinski definition) is 1. The lowest BCUT2D eigenvalue weighted by molar-refractivity contribution is 0.121. The summed E-state index contributed by atoms with van der Waals surface area (Å²) in [5.41, 5.74) is 7.42. The zero-order valence-electron chi connectivity index (χ0n) is 11.0. The van der Waals surface area contributed by atoms with E-state index < -0.39 is 0 Å². The van der Waals surface area contributed by atoms with Gasteiger partial charge >= 0.3 is 0 Å². The number of anilines is 2. The fourth-order valence-corrected chi connectivity index (χ4v) is 1.96. The zero-order chi connectivity index (χ0) is 13.8. The van der Waals surface area contributed by atoms with Crippen LogP contribution in [0.3, 0.4) is 0 Å². The summed E-state index contributed by atoms with van der Waals surface area (Å²) in [5, 5.41) is 3.98. The molecule has 1 aromatic heterocycles. The molecule has 0 unspecified atom stereocenters. The molecule has 2 heterocycles. The highest BCUT2D eigenvalue weighted by atomic mass is 16.5. The van der Waals surface area contributed by atoms with Crippen LogP contribution in [0.15, 0.2) is 28.8 Å². The average molecular weight is 272 g/mol. The van der Waals surface area contributed by atoms with E-state index in [1.807, 2.05) is 35.2 Å². The maximum absolute atomic E-state index is 5.64. The third-order valence-corrected chi connectivity index (χ3v) is 3.08. The Morgan fingerprint density at radius 1 is 1.10 bits per heavy atom. The number of morpholine rings is 1. The van der Waals surface area contributed by atoms with Crippen LogP contribution < -0.4 is 10.6 Å². The standard InChI is InChI=1S/C14H16N4O2/c15-12-4-1-11(2-5-12)3-6-13-16-14(17-20-13)18-7-9-19-10-8-18/h1-6H,7-10,15H2/b6-3+. The van der Waals surface area contributed by atoms with Gasteiger partial charge in [0.15, 0.2) is 0 Å². The van der Waals surface area contributed by atoms with Crippen LogP contribution in [0.25, 0.3) is 12.2 Å². The van der Waals surface area contributed by atoms with Crippen LogP contribution in [0.4, 0.5) is 11.6 Å². The van der Waals surface area contributed by atoms with Crippen molar-refractivity contribution >= 4 is 23.8 Å². The van der Waals surface area contributed by atoms with Gasteiger partial charge in [-0.25, -0.2) is 0 Å². The summed E-state index contributed by atoms with van der Waals surface area (Å²) in [6.07, 6.45) is 3.71. The third kappa shape index (κ3) is 2.97. The summed E-state index contributed by atoms with van der Waals surface area (Å²) in [7, 11) is 0. The van der Waals surface area contributed by atoms with Crippen molar-refractivity contribution in [1.29, 1.82) is 0 Å². The number of rotatable bonds is 3. The lowest BCUT2D eigenvalue weighted by atomic mass is 10.2. The molecule has 0 saturated carbocycles. The van der Waals surface area contributed by atoms with Gasteiger partial charge in [-0.1, -0.05) is 12.1 Å². The highest BCUT2D eigenvalue weighted by Gasteiger charge is 2.16. The molecule has 2 N–H and O–H groups in total. The normalized spacial score (nSPS) is 15.9. The summed E-state index contributed by atoms with van der Waals surface area (Å²) in [4.78, 5) is 6.40. The second-order valence-corrected chi connectivity index (χ2v) is 4.53. The van der Waals surface area contributed by atoms with E-state index in [1.165, 1.54) is 0 Å².